The molecule has 4 rings (SSSR count). The second-order valence-corrected chi connectivity index (χ2v) is 8.14. The zero-order valence-corrected chi connectivity index (χ0v) is 17.4. The van der Waals surface area contributed by atoms with E-state index >= 15 is 0 Å². The number of alkyl halides is 3. The van der Waals surface area contributed by atoms with E-state index in [2.05, 4.69) is 15.5 Å². The molecule has 0 aromatic heterocycles. The number of carbonyl (C=O) groups is 2. The number of nitrogens with zero attached hydrogens (tertiary/aromatic N) is 1. The molecule has 0 bridgehead atoms. The first-order valence-corrected chi connectivity index (χ1v) is 10.5. The van der Waals surface area contributed by atoms with Crippen LogP contribution in [0.25, 0.3) is 0 Å². The average Bonchev–Trinajstić information content (AvgIpc) is 3.18. The molecule has 170 valence electrons. The van der Waals surface area contributed by atoms with Gasteiger partial charge in [-0.25, -0.2) is 0 Å². The minimum atomic E-state index is -4.33. The summed E-state index contributed by atoms with van der Waals surface area (Å²) < 4.78 is 43.6. The second-order valence-electron chi connectivity index (χ2n) is 8.14. The summed E-state index contributed by atoms with van der Waals surface area (Å²) in [5.41, 5.74) is 1.91. The van der Waals surface area contributed by atoms with Crippen molar-refractivity contribution in [3.63, 3.8) is 0 Å². The topological polar surface area (TPSA) is 70.7 Å². The zero-order chi connectivity index (χ0) is 22.7. The molecule has 2 aliphatic rings. The van der Waals surface area contributed by atoms with Gasteiger partial charge in [-0.2, -0.15) is 13.2 Å². The number of ether oxygens (including phenoxy) is 1. The first kappa shape index (κ1) is 22.1. The van der Waals surface area contributed by atoms with Crippen LogP contribution < -0.4 is 15.4 Å². The predicted octanol–water partition coefficient (Wildman–Crippen LogP) is 3.36. The predicted molar refractivity (Wildman–Crippen MR) is 112 cm³/mol. The van der Waals surface area contributed by atoms with Crippen LogP contribution in [0.3, 0.4) is 0 Å². The molecule has 32 heavy (non-hydrogen) atoms. The lowest BCUT2D eigenvalue weighted by atomic mass is 10.0. The van der Waals surface area contributed by atoms with Gasteiger partial charge in [0.05, 0.1) is 5.56 Å². The van der Waals surface area contributed by atoms with Crippen LogP contribution in [0, 0.1) is 0 Å². The molecule has 0 saturated carbocycles. The Kier molecular flexibility index (Phi) is 6.36. The molecule has 0 radical (unpaired) electrons. The van der Waals surface area contributed by atoms with Crippen molar-refractivity contribution in [1.29, 1.82) is 0 Å². The Morgan fingerprint density at radius 2 is 1.94 bits per heavy atom. The van der Waals surface area contributed by atoms with Crippen LogP contribution in [-0.4, -0.2) is 42.5 Å². The number of hydrogen-bond donors (Lipinski definition) is 2. The summed E-state index contributed by atoms with van der Waals surface area (Å²) in [6.07, 6.45) is -2.49. The van der Waals surface area contributed by atoms with E-state index in [1.807, 2.05) is 6.07 Å². The third kappa shape index (κ3) is 5.59. The number of carbonyl (C=O) groups excluding carboxylic acids is 2. The summed E-state index contributed by atoms with van der Waals surface area (Å²) >= 11 is 0. The van der Waals surface area contributed by atoms with Gasteiger partial charge in [0.2, 0.25) is 5.91 Å². The van der Waals surface area contributed by atoms with Crippen LogP contribution in [-0.2, 0) is 28.7 Å². The van der Waals surface area contributed by atoms with Gasteiger partial charge in [0, 0.05) is 37.8 Å². The molecule has 6 nitrogen and oxygen atoms in total. The number of amides is 2. The first-order chi connectivity index (χ1) is 15.3. The third-order valence-electron chi connectivity index (χ3n) is 5.67. The highest BCUT2D eigenvalue weighted by molar-refractivity contribution is 5.94. The number of likely N-dealkylation sites (tertiary alicyclic amines) is 1. The van der Waals surface area contributed by atoms with Crippen LogP contribution >= 0.6 is 0 Å². The lowest BCUT2D eigenvalue weighted by molar-refractivity contribution is -0.137. The number of aryl methyl sites for hydroxylation is 1. The van der Waals surface area contributed by atoms with Gasteiger partial charge < -0.3 is 15.4 Å². The maximum absolute atomic E-state index is 12.7. The van der Waals surface area contributed by atoms with E-state index in [4.69, 9.17) is 4.74 Å². The SMILES string of the molecule is O=C1CCc2cc(OCC(=O)NC3CCN(Cc4ccc(C(F)(F)F)cc4)C3)ccc2N1. The molecule has 2 heterocycles. The molecule has 2 aromatic carbocycles. The van der Waals surface area contributed by atoms with E-state index in [9.17, 15) is 22.8 Å². The van der Waals surface area contributed by atoms with E-state index in [1.165, 1.54) is 12.1 Å². The molecule has 2 N–H and O–H groups in total. The zero-order valence-electron chi connectivity index (χ0n) is 17.4. The van der Waals surface area contributed by atoms with E-state index in [-0.39, 0.29) is 24.5 Å². The van der Waals surface area contributed by atoms with Crippen molar-refractivity contribution in [2.24, 2.45) is 0 Å². The maximum atomic E-state index is 12.7. The van der Waals surface area contributed by atoms with Gasteiger partial charge in [-0.1, -0.05) is 12.1 Å². The normalized spacial score (nSPS) is 18.7. The molecule has 2 amide bonds. The molecule has 0 aliphatic carbocycles. The molecule has 2 aromatic rings. The monoisotopic (exact) mass is 447 g/mol. The minimum Gasteiger partial charge on any atom is -0.484 e. The fraction of sp³-hybridized carbons (Fsp3) is 0.391. The molecule has 2 aliphatic heterocycles. The molecule has 9 heteroatoms. The van der Waals surface area contributed by atoms with Crippen molar-refractivity contribution in [3.05, 3.63) is 59.2 Å². The largest absolute Gasteiger partial charge is 0.484 e. The highest BCUT2D eigenvalue weighted by Gasteiger charge is 2.30. The Morgan fingerprint density at radius 3 is 2.69 bits per heavy atom. The maximum Gasteiger partial charge on any atom is 0.416 e. The summed E-state index contributed by atoms with van der Waals surface area (Å²) in [5, 5.41) is 5.75. The van der Waals surface area contributed by atoms with Crippen LogP contribution in [0.4, 0.5) is 18.9 Å². The molecule has 1 atom stereocenters. The van der Waals surface area contributed by atoms with Gasteiger partial charge in [0.15, 0.2) is 6.61 Å². The van der Waals surface area contributed by atoms with Gasteiger partial charge in [0.1, 0.15) is 5.75 Å². The quantitative estimate of drug-likeness (QED) is 0.713. The fourth-order valence-corrected chi connectivity index (χ4v) is 4.02. The molecule has 1 saturated heterocycles. The van der Waals surface area contributed by atoms with Crippen molar-refractivity contribution >= 4 is 17.5 Å². The Bertz CT molecular complexity index is 992. The van der Waals surface area contributed by atoms with Crippen LogP contribution in [0.15, 0.2) is 42.5 Å². The van der Waals surface area contributed by atoms with E-state index in [0.717, 1.165) is 41.9 Å². The Labute approximate surface area is 183 Å². The van der Waals surface area contributed by atoms with Crippen molar-refractivity contribution in [2.45, 2.75) is 38.0 Å². The number of benzene rings is 2. The third-order valence-corrected chi connectivity index (χ3v) is 5.67. The van der Waals surface area contributed by atoms with Crippen molar-refractivity contribution in [1.82, 2.24) is 10.2 Å². The summed E-state index contributed by atoms with van der Waals surface area (Å²) in [6, 6.07) is 10.5. The lowest BCUT2D eigenvalue weighted by Crippen LogP contribution is -2.39. The van der Waals surface area contributed by atoms with Crippen molar-refractivity contribution in [2.75, 3.05) is 25.0 Å². The number of fused-ring (bicyclic) bond motifs is 1. The Hall–Kier alpha value is -3.07. The highest BCUT2D eigenvalue weighted by atomic mass is 19.4. The Balaban J connectivity index is 1.22. The molecule has 0 spiro atoms. The van der Waals surface area contributed by atoms with E-state index < -0.39 is 11.7 Å². The molecule has 1 fully saturated rings. The lowest BCUT2D eigenvalue weighted by Gasteiger charge is -2.18. The standard InChI is InChI=1S/C23H24F3N3O3/c24-23(25,26)17-4-1-15(2-5-17)12-29-10-9-18(13-29)27-22(31)14-32-19-6-7-20-16(11-19)3-8-21(30)28-20/h1-2,4-7,11,18H,3,8-10,12-14H2,(H,27,31)(H,28,30). The Morgan fingerprint density at radius 1 is 1.16 bits per heavy atom. The van der Waals surface area contributed by atoms with E-state index in [1.54, 1.807) is 12.1 Å². The van der Waals surface area contributed by atoms with Gasteiger partial charge in [-0.15, -0.1) is 0 Å². The smallest absolute Gasteiger partial charge is 0.416 e. The number of hydrogen-bond acceptors (Lipinski definition) is 4. The number of nitrogens with one attached hydrogen (secondary N) is 2. The van der Waals surface area contributed by atoms with Gasteiger partial charge in [-0.05, 0) is 54.3 Å². The van der Waals surface area contributed by atoms with Crippen molar-refractivity contribution < 1.29 is 27.5 Å². The van der Waals surface area contributed by atoms with E-state index in [0.29, 0.717) is 31.7 Å². The number of halogens is 3. The van der Waals surface area contributed by atoms with Gasteiger partial charge >= 0.3 is 6.18 Å². The molecule has 1 unspecified atom stereocenters. The first-order valence-electron chi connectivity index (χ1n) is 10.5. The summed E-state index contributed by atoms with van der Waals surface area (Å²) in [6.45, 7) is 1.81. The number of anilines is 1. The van der Waals surface area contributed by atoms with Crippen LogP contribution in [0.1, 0.15) is 29.5 Å². The fourth-order valence-electron chi connectivity index (χ4n) is 4.02. The summed E-state index contributed by atoms with van der Waals surface area (Å²) in [5.74, 6) is 0.345. The molecular formula is C23H24F3N3O3. The minimum absolute atomic E-state index is 0.00512. The van der Waals surface area contributed by atoms with Crippen LogP contribution in [0.2, 0.25) is 0 Å². The molecular weight excluding hydrogens is 423 g/mol. The van der Waals surface area contributed by atoms with Crippen LogP contribution in [0.5, 0.6) is 5.75 Å². The van der Waals surface area contributed by atoms with Gasteiger partial charge in [0.25, 0.3) is 5.91 Å². The van der Waals surface area contributed by atoms with Gasteiger partial charge in [-0.3, -0.25) is 14.5 Å². The average molecular weight is 447 g/mol. The second kappa shape index (κ2) is 9.20. The highest BCUT2D eigenvalue weighted by Crippen LogP contribution is 2.29. The number of rotatable bonds is 6. The summed E-state index contributed by atoms with van der Waals surface area (Å²) in [7, 11) is 0. The summed E-state index contributed by atoms with van der Waals surface area (Å²) in [4.78, 5) is 25.8. The van der Waals surface area contributed by atoms with Crippen molar-refractivity contribution in [3.8, 4) is 5.75 Å².